The lowest BCUT2D eigenvalue weighted by atomic mass is 10.1. The van der Waals surface area contributed by atoms with Gasteiger partial charge in [-0.1, -0.05) is 0 Å². The number of hydrogen-bond acceptors (Lipinski definition) is 4. The van der Waals surface area contributed by atoms with Gasteiger partial charge in [-0.2, -0.15) is 5.10 Å². The van der Waals surface area contributed by atoms with Crippen LogP contribution in [0.15, 0.2) is 30.6 Å². The second kappa shape index (κ2) is 5.73. The summed E-state index contributed by atoms with van der Waals surface area (Å²) >= 11 is 0. The number of anilines is 1. The van der Waals surface area contributed by atoms with Crippen molar-refractivity contribution in [2.24, 2.45) is 7.05 Å². The zero-order chi connectivity index (χ0) is 14.7. The number of methoxy groups -OCH3 is 1. The van der Waals surface area contributed by atoms with Gasteiger partial charge < -0.3 is 10.1 Å². The van der Waals surface area contributed by atoms with Crippen LogP contribution in [0, 0.1) is 12.7 Å². The summed E-state index contributed by atoms with van der Waals surface area (Å²) < 4.78 is 19.8. The van der Waals surface area contributed by atoms with E-state index < -0.39 is 12.0 Å². The first-order chi connectivity index (χ1) is 9.49. The van der Waals surface area contributed by atoms with Crippen molar-refractivity contribution >= 4 is 11.7 Å². The second-order valence-corrected chi connectivity index (χ2v) is 4.57. The van der Waals surface area contributed by atoms with Gasteiger partial charge in [0.1, 0.15) is 5.82 Å². The Morgan fingerprint density at radius 2 is 2.20 bits per heavy atom. The minimum Gasteiger partial charge on any atom is -0.467 e. The third kappa shape index (κ3) is 3.14. The summed E-state index contributed by atoms with van der Waals surface area (Å²) in [5.41, 5.74) is 1.94. The normalized spacial score (nSPS) is 12.0. The molecule has 0 radical (unpaired) electrons. The maximum atomic E-state index is 13.4. The van der Waals surface area contributed by atoms with Crippen molar-refractivity contribution < 1.29 is 13.9 Å². The Kier molecular flexibility index (Phi) is 4.02. The van der Waals surface area contributed by atoms with E-state index in [-0.39, 0.29) is 5.82 Å². The topological polar surface area (TPSA) is 56.1 Å². The lowest BCUT2D eigenvalue weighted by molar-refractivity contribution is -0.141. The van der Waals surface area contributed by atoms with Crippen LogP contribution in [0.25, 0.3) is 0 Å². The zero-order valence-corrected chi connectivity index (χ0v) is 11.6. The summed E-state index contributed by atoms with van der Waals surface area (Å²) in [6, 6.07) is 3.78. The molecule has 1 aromatic carbocycles. The van der Waals surface area contributed by atoms with Crippen molar-refractivity contribution in [1.82, 2.24) is 9.78 Å². The van der Waals surface area contributed by atoms with E-state index in [1.165, 1.54) is 19.2 Å². The van der Waals surface area contributed by atoms with Crippen LogP contribution in [0.1, 0.15) is 17.2 Å². The molecule has 106 valence electrons. The predicted octanol–water partition coefficient (Wildman–Crippen LogP) is 2.19. The monoisotopic (exact) mass is 277 g/mol. The highest BCUT2D eigenvalue weighted by atomic mass is 19.1. The highest BCUT2D eigenvalue weighted by molar-refractivity contribution is 5.80. The van der Waals surface area contributed by atoms with Crippen molar-refractivity contribution in [3.8, 4) is 0 Å². The number of carbonyl (C=O) groups is 1. The van der Waals surface area contributed by atoms with E-state index >= 15 is 0 Å². The van der Waals surface area contributed by atoms with Crippen molar-refractivity contribution in [2.45, 2.75) is 13.0 Å². The molecule has 1 heterocycles. The SMILES string of the molecule is COC(=O)C(Nc1cc(C)cc(F)c1)c1cnn(C)c1. The number of rotatable bonds is 4. The van der Waals surface area contributed by atoms with Crippen molar-refractivity contribution in [2.75, 3.05) is 12.4 Å². The van der Waals surface area contributed by atoms with Crippen LogP contribution in [-0.4, -0.2) is 22.9 Å². The van der Waals surface area contributed by atoms with Gasteiger partial charge in [0.15, 0.2) is 6.04 Å². The molecule has 0 bridgehead atoms. The summed E-state index contributed by atoms with van der Waals surface area (Å²) in [5, 5.41) is 7.00. The molecular weight excluding hydrogens is 261 g/mol. The molecule has 0 spiro atoms. The molecule has 1 atom stereocenters. The molecule has 0 aliphatic heterocycles. The van der Waals surface area contributed by atoms with Gasteiger partial charge >= 0.3 is 5.97 Å². The highest BCUT2D eigenvalue weighted by Crippen LogP contribution is 2.22. The Labute approximate surface area is 116 Å². The van der Waals surface area contributed by atoms with E-state index in [1.54, 1.807) is 37.1 Å². The Morgan fingerprint density at radius 1 is 1.45 bits per heavy atom. The Bertz CT molecular complexity index is 604. The number of carbonyl (C=O) groups excluding carboxylic acids is 1. The number of aromatic nitrogens is 2. The van der Waals surface area contributed by atoms with Crippen LogP contribution in [0.4, 0.5) is 10.1 Å². The number of hydrogen-bond donors (Lipinski definition) is 1. The number of esters is 1. The van der Waals surface area contributed by atoms with Crippen LogP contribution < -0.4 is 5.32 Å². The van der Waals surface area contributed by atoms with Gasteiger partial charge in [-0.15, -0.1) is 0 Å². The number of benzene rings is 1. The minimum atomic E-state index is -0.727. The molecule has 0 saturated heterocycles. The lowest BCUT2D eigenvalue weighted by Crippen LogP contribution is -2.22. The van der Waals surface area contributed by atoms with Gasteiger partial charge in [-0.25, -0.2) is 9.18 Å². The van der Waals surface area contributed by atoms with Gasteiger partial charge in [0.05, 0.1) is 13.3 Å². The molecule has 1 unspecified atom stereocenters. The highest BCUT2D eigenvalue weighted by Gasteiger charge is 2.23. The second-order valence-electron chi connectivity index (χ2n) is 4.57. The van der Waals surface area contributed by atoms with Crippen LogP contribution in [0.2, 0.25) is 0 Å². The standard InChI is InChI=1S/C14H16FN3O2/c1-9-4-11(15)6-12(5-9)17-13(14(19)20-3)10-7-16-18(2)8-10/h4-8,13,17H,1-3H3. The van der Waals surface area contributed by atoms with Crippen molar-refractivity contribution in [1.29, 1.82) is 0 Å². The minimum absolute atomic E-state index is 0.359. The third-order valence-electron chi connectivity index (χ3n) is 2.85. The summed E-state index contributed by atoms with van der Waals surface area (Å²) in [7, 11) is 3.06. The molecule has 0 aliphatic rings. The number of nitrogens with one attached hydrogen (secondary N) is 1. The molecular formula is C14H16FN3O2. The van der Waals surface area contributed by atoms with Crippen LogP contribution >= 0.6 is 0 Å². The summed E-state index contributed by atoms with van der Waals surface area (Å²) in [5.74, 6) is -0.817. The summed E-state index contributed by atoms with van der Waals surface area (Å²) in [6.45, 7) is 1.78. The fourth-order valence-corrected chi connectivity index (χ4v) is 1.97. The average Bonchev–Trinajstić information content (AvgIpc) is 2.80. The van der Waals surface area contributed by atoms with E-state index in [0.717, 1.165) is 5.56 Å². The Balaban J connectivity index is 2.30. The molecule has 0 saturated carbocycles. The lowest BCUT2D eigenvalue weighted by Gasteiger charge is -2.16. The Hall–Kier alpha value is -2.37. The molecule has 0 amide bonds. The molecule has 0 fully saturated rings. The first-order valence-corrected chi connectivity index (χ1v) is 6.09. The quantitative estimate of drug-likeness (QED) is 0.870. The predicted molar refractivity (Wildman–Crippen MR) is 72.7 cm³/mol. The molecule has 5 nitrogen and oxygen atoms in total. The number of halogens is 1. The first-order valence-electron chi connectivity index (χ1n) is 6.09. The molecule has 1 N–H and O–H groups in total. The molecule has 20 heavy (non-hydrogen) atoms. The fourth-order valence-electron chi connectivity index (χ4n) is 1.97. The molecule has 2 rings (SSSR count). The van der Waals surface area contributed by atoms with E-state index in [9.17, 15) is 9.18 Å². The third-order valence-corrected chi connectivity index (χ3v) is 2.85. The number of ether oxygens (including phenoxy) is 1. The largest absolute Gasteiger partial charge is 0.467 e. The maximum Gasteiger partial charge on any atom is 0.333 e. The molecule has 1 aromatic heterocycles. The van der Waals surface area contributed by atoms with Crippen LogP contribution in [0.5, 0.6) is 0 Å². The van der Waals surface area contributed by atoms with Gasteiger partial charge in [0, 0.05) is 24.5 Å². The van der Waals surface area contributed by atoms with E-state index in [1.807, 2.05) is 0 Å². The van der Waals surface area contributed by atoms with Crippen LogP contribution in [-0.2, 0) is 16.6 Å². The van der Waals surface area contributed by atoms with Crippen LogP contribution in [0.3, 0.4) is 0 Å². The van der Waals surface area contributed by atoms with Gasteiger partial charge in [-0.3, -0.25) is 4.68 Å². The van der Waals surface area contributed by atoms with E-state index in [2.05, 4.69) is 10.4 Å². The number of nitrogens with zero attached hydrogens (tertiary/aromatic N) is 2. The average molecular weight is 277 g/mol. The van der Waals surface area contributed by atoms with Crippen molar-refractivity contribution in [3.63, 3.8) is 0 Å². The first kappa shape index (κ1) is 14.0. The molecule has 0 aliphatic carbocycles. The smallest absolute Gasteiger partial charge is 0.333 e. The van der Waals surface area contributed by atoms with Gasteiger partial charge in [-0.05, 0) is 30.7 Å². The van der Waals surface area contributed by atoms with Gasteiger partial charge in [0.2, 0.25) is 0 Å². The summed E-state index contributed by atoms with van der Waals surface area (Å²) in [6.07, 6.45) is 3.28. The fraction of sp³-hybridized carbons (Fsp3) is 0.286. The van der Waals surface area contributed by atoms with Crippen molar-refractivity contribution in [3.05, 3.63) is 47.5 Å². The van der Waals surface area contributed by atoms with E-state index in [4.69, 9.17) is 4.74 Å². The number of aryl methyl sites for hydroxylation is 2. The van der Waals surface area contributed by atoms with Gasteiger partial charge in [0.25, 0.3) is 0 Å². The maximum absolute atomic E-state index is 13.4. The van der Waals surface area contributed by atoms with E-state index in [0.29, 0.717) is 11.3 Å². The summed E-state index contributed by atoms with van der Waals surface area (Å²) in [4.78, 5) is 11.9. The zero-order valence-electron chi connectivity index (χ0n) is 11.6. The Morgan fingerprint density at radius 3 is 2.75 bits per heavy atom. The molecule has 6 heteroatoms. The molecule has 2 aromatic rings.